The van der Waals surface area contributed by atoms with Crippen molar-refractivity contribution in [1.82, 2.24) is 5.32 Å². The maximum atomic E-state index is 4.52. The molecule has 0 heterocycles. The van der Waals surface area contributed by atoms with Gasteiger partial charge in [0.1, 0.15) is 0 Å². The van der Waals surface area contributed by atoms with E-state index in [2.05, 4.69) is 51.9 Å². The van der Waals surface area contributed by atoms with E-state index < -0.39 is 0 Å². The minimum absolute atomic E-state index is 0.0953. The van der Waals surface area contributed by atoms with Gasteiger partial charge in [-0.3, -0.25) is 4.99 Å². The second-order valence-corrected chi connectivity index (χ2v) is 5.10. The van der Waals surface area contributed by atoms with Gasteiger partial charge in [0, 0.05) is 18.3 Å². The molecule has 0 saturated heterocycles. The lowest BCUT2D eigenvalue weighted by molar-refractivity contribution is 0.399. The number of hydrogen-bond donors (Lipinski definition) is 1. The van der Waals surface area contributed by atoms with Crippen molar-refractivity contribution >= 4 is 6.21 Å². The molecule has 0 fully saturated rings. The highest BCUT2D eigenvalue weighted by molar-refractivity contribution is 5.60. The van der Waals surface area contributed by atoms with Crippen LogP contribution in [0.5, 0.6) is 0 Å². The van der Waals surface area contributed by atoms with Crippen molar-refractivity contribution < 1.29 is 0 Å². The zero-order chi connectivity index (χ0) is 11.2. The van der Waals surface area contributed by atoms with E-state index in [9.17, 15) is 0 Å². The molecule has 2 heteroatoms. The van der Waals surface area contributed by atoms with E-state index in [0.29, 0.717) is 0 Å². The Bertz CT molecular complexity index is 181. The van der Waals surface area contributed by atoms with E-state index in [1.54, 1.807) is 0 Å². The van der Waals surface area contributed by atoms with Crippen LogP contribution in [0.2, 0.25) is 0 Å². The van der Waals surface area contributed by atoms with Crippen LogP contribution in [0.15, 0.2) is 4.99 Å². The lowest BCUT2D eigenvalue weighted by Gasteiger charge is -2.24. The number of hydrogen-bond acceptors (Lipinski definition) is 2. The first kappa shape index (κ1) is 13.6. The van der Waals surface area contributed by atoms with Gasteiger partial charge in [-0.1, -0.05) is 13.8 Å². The third-order valence-electron chi connectivity index (χ3n) is 2.86. The zero-order valence-electron chi connectivity index (χ0n) is 10.6. The smallest absolute Gasteiger partial charge is 0.0546 e. The van der Waals surface area contributed by atoms with E-state index >= 15 is 0 Å². The molecule has 0 spiro atoms. The average Bonchev–Trinajstić information content (AvgIpc) is 2.13. The molecule has 2 nitrogen and oxygen atoms in total. The molecule has 0 aromatic rings. The fourth-order valence-corrected chi connectivity index (χ4v) is 0.831. The summed E-state index contributed by atoms with van der Waals surface area (Å²) < 4.78 is 0. The summed E-state index contributed by atoms with van der Waals surface area (Å²) in [5.41, 5.74) is 0.320. The Labute approximate surface area is 89.2 Å². The number of aliphatic imine (C=N–C) groups is 1. The molecule has 0 saturated carbocycles. The third-order valence-corrected chi connectivity index (χ3v) is 2.86. The molecule has 0 aliphatic rings. The van der Waals surface area contributed by atoms with Gasteiger partial charge in [0.2, 0.25) is 0 Å². The van der Waals surface area contributed by atoms with Crippen molar-refractivity contribution in [2.45, 2.75) is 65.5 Å². The zero-order valence-corrected chi connectivity index (χ0v) is 10.6. The highest BCUT2D eigenvalue weighted by Gasteiger charge is 2.13. The largest absolute Gasteiger partial charge is 0.307 e. The fraction of sp³-hybridized carbons (Fsp3) is 0.917. The van der Waals surface area contributed by atoms with Gasteiger partial charge in [-0.05, 0) is 40.5 Å². The summed E-state index contributed by atoms with van der Waals surface area (Å²) in [5, 5.41) is 3.46. The third kappa shape index (κ3) is 6.14. The lowest BCUT2D eigenvalue weighted by atomic mass is 10.0. The lowest BCUT2D eigenvalue weighted by Crippen LogP contribution is -2.39. The van der Waals surface area contributed by atoms with Crippen LogP contribution in [-0.2, 0) is 0 Å². The summed E-state index contributed by atoms with van der Waals surface area (Å²) in [6.45, 7) is 14.0. The van der Waals surface area contributed by atoms with E-state index in [4.69, 9.17) is 0 Å². The van der Waals surface area contributed by atoms with Gasteiger partial charge in [0.15, 0.2) is 0 Å². The Hall–Kier alpha value is -0.370. The van der Waals surface area contributed by atoms with Crippen LogP contribution in [0.4, 0.5) is 0 Å². The number of nitrogens with zero attached hydrogens (tertiary/aromatic N) is 1. The van der Waals surface area contributed by atoms with Crippen molar-refractivity contribution in [3.05, 3.63) is 0 Å². The molecule has 0 aliphatic carbocycles. The van der Waals surface area contributed by atoms with Crippen molar-refractivity contribution in [3.63, 3.8) is 0 Å². The van der Waals surface area contributed by atoms with Gasteiger partial charge < -0.3 is 5.32 Å². The summed E-state index contributed by atoms with van der Waals surface area (Å²) >= 11 is 0. The monoisotopic (exact) mass is 198 g/mol. The second-order valence-electron chi connectivity index (χ2n) is 5.10. The first-order chi connectivity index (χ1) is 6.33. The molecule has 0 aliphatic heterocycles. The van der Waals surface area contributed by atoms with Crippen molar-refractivity contribution in [3.8, 4) is 0 Å². The molecule has 0 aromatic carbocycles. The topological polar surface area (TPSA) is 24.4 Å². The molecular weight excluding hydrogens is 172 g/mol. The van der Waals surface area contributed by atoms with Crippen LogP contribution in [0.25, 0.3) is 0 Å². The molecule has 0 aromatic heterocycles. The minimum Gasteiger partial charge on any atom is -0.307 e. The first-order valence-corrected chi connectivity index (χ1v) is 5.61. The quantitative estimate of drug-likeness (QED) is 0.652. The van der Waals surface area contributed by atoms with Crippen LogP contribution in [0.1, 0.15) is 54.4 Å². The molecule has 1 N–H and O–H groups in total. The maximum Gasteiger partial charge on any atom is 0.0546 e. The minimum atomic E-state index is 0.0953. The summed E-state index contributed by atoms with van der Waals surface area (Å²) in [7, 11) is 0. The summed E-state index contributed by atoms with van der Waals surface area (Å²) in [4.78, 5) is 4.52. The van der Waals surface area contributed by atoms with Crippen LogP contribution in [0, 0.1) is 0 Å². The van der Waals surface area contributed by atoms with Gasteiger partial charge in [0.25, 0.3) is 0 Å². The van der Waals surface area contributed by atoms with Gasteiger partial charge in [-0.2, -0.15) is 0 Å². The first-order valence-electron chi connectivity index (χ1n) is 5.61. The van der Waals surface area contributed by atoms with Gasteiger partial charge >= 0.3 is 0 Å². The van der Waals surface area contributed by atoms with E-state index in [0.717, 1.165) is 19.4 Å². The normalized spacial score (nSPS) is 13.9. The molecule has 84 valence electrons. The molecular formula is C12H26N2. The average molecular weight is 198 g/mol. The predicted octanol–water partition coefficient (Wildman–Crippen LogP) is 3.02. The molecule has 0 bridgehead atoms. The second kappa shape index (κ2) is 5.50. The Morgan fingerprint density at radius 3 is 2.07 bits per heavy atom. The Morgan fingerprint density at radius 1 is 1.07 bits per heavy atom. The SMILES string of the molecule is CCC(C)(C)N=CCNC(C)(C)CC. The van der Waals surface area contributed by atoms with Crippen LogP contribution in [0.3, 0.4) is 0 Å². The number of nitrogens with one attached hydrogen (secondary N) is 1. The van der Waals surface area contributed by atoms with Crippen molar-refractivity contribution in [1.29, 1.82) is 0 Å². The summed E-state index contributed by atoms with van der Waals surface area (Å²) in [6.07, 6.45) is 4.22. The molecule has 14 heavy (non-hydrogen) atoms. The fourth-order valence-electron chi connectivity index (χ4n) is 0.831. The Morgan fingerprint density at radius 2 is 1.64 bits per heavy atom. The summed E-state index contributed by atoms with van der Waals surface area (Å²) in [5.74, 6) is 0. The summed E-state index contributed by atoms with van der Waals surface area (Å²) in [6, 6.07) is 0. The Kier molecular flexibility index (Phi) is 5.35. The number of rotatable bonds is 6. The molecule has 0 atom stereocenters. The van der Waals surface area contributed by atoms with Crippen LogP contribution in [-0.4, -0.2) is 23.8 Å². The van der Waals surface area contributed by atoms with Gasteiger partial charge in [0.05, 0.1) is 5.54 Å². The van der Waals surface area contributed by atoms with Crippen LogP contribution >= 0.6 is 0 Å². The molecule has 0 unspecified atom stereocenters. The molecule has 0 amide bonds. The van der Waals surface area contributed by atoms with E-state index in [1.165, 1.54) is 0 Å². The highest BCUT2D eigenvalue weighted by atomic mass is 15.0. The van der Waals surface area contributed by atoms with Gasteiger partial charge in [-0.25, -0.2) is 0 Å². The van der Waals surface area contributed by atoms with Crippen molar-refractivity contribution in [2.75, 3.05) is 6.54 Å². The standard InChI is InChI=1S/C12H26N2/c1-7-11(3,4)13-9-10-14-12(5,6)8-2/h9,14H,7-8,10H2,1-6H3. The molecule has 0 radical (unpaired) electrons. The van der Waals surface area contributed by atoms with Gasteiger partial charge in [-0.15, -0.1) is 0 Å². The van der Waals surface area contributed by atoms with E-state index in [1.807, 2.05) is 6.21 Å². The van der Waals surface area contributed by atoms with E-state index in [-0.39, 0.29) is 11.1 Å². The van der Waals surface area contributed by atoms with Crippen molar-refractivity contribution in [2.24, 2.45) is 4.99 Å². The highest BCUT2D eigenvalue weighted by Crippen LogP contribution is 2.12. The predicted molar refractivity (Wildman–Crippen MR) is 65.2 cm³/mol. The molecule has 0 rings (SSSR count). The maximum absolute atomic E-state index is 4.52. The van der Waals surface area contributed by atoms with Crippen LogP contribution < -0.4 is 5.32 Å². The Balaban J connectivity index is 3.85.